The molecule has 12 heteroatoms. The third-order valence-electron chi connectivity index (χ3n) is 4.06. The second-order valence-electron chi connectivity index (χ2n) is 6.18. The molecule has 0 unspecified atom stereocenters. The van der Waals surface area contributed by atoms with Gasteiger partial charge in [0.2, 0.25) is 17.4 Å². The highest BCUT2D eigenvalue weighted by molar-refractivity contribution is 7.85. The third kappa shape index (κ3) is 3.79. The minimum absolute atomic E-state index is 0.00693. The Morgan fingerprint density at radius 3 is 1.97 bits per heavy atom. The number of rotatable bonds is 3. The summed E-state index contributed by atoms with van der Waals surface area (Å²) < 4.78 is 131. The molecule has 0 radical (unpaired) electrons. The van der Waals surface area contributed by atoms with Gasteiger partial charge in [-0.25, -0.2) is 8.78 Å². The number of halogens is 7. The van der Waals surface area contributed by atoms with E-state index in [1.165, 1.54) is 18.2 Å². The third-order valence-corrected chi connectivity index (χ3v) is 4.89. The van der Waals surface area contributed by atoms with Crippen LogP contribution in [0.1, 0.15) is 11.1 Å². The van der Waals surface area contributed by atoms with Gasteiger partial charge in [-0.2, -0.15) is 30.4 Å². The average Bonchev–Trinajstić information content (AvgIpc) is 2.61. The Morgan fingerprint density at radius 2 is 1.47 bits per heavy atom. The van der Waals surface area contributed by atoms with Crippen LogP contribution in [-0.4, -0.2) is 13.0 Å². The molecule has 3 rings (SSSR count). The highest BCUT2D eigenvalue weighted by Crippen LogP contribution is 2.42. The number of aryl methyl sites for hydroxylation is 1. The average molecular weight is 454 g/mol. The number of fused-ring (bicyclic) bond motifs is 1. The van der Waals surface area contributed by atoms with Gasteiger partial charge in [-0.1, -0.05) is 23.8 Å². The van der Waals surface area contributed by atoms with Crippen LogP contribution >= 0.6 is 0 Å². The lowest BCUT2D eigenvalue weighted by atomic mass is 10.1. The Kier molecular flexibility index (Phi) is 5.19. The maximum Gasteiger partial charge on any atom is 0.422 e. The fourth-order valence-corrected chi connectivity index (χ4v) is 3.25. The van der Waals surface area contributed by atoms with Crippen LogP contribution in [-0.2, 0) is 16.3 Å². The zero-order valence-corrected chi connectivity index (χ0v) is 15.4. The molecular weight excluding hydrogens is 445 g/mol. The SMILES string of the molecule is Cc1ccc2c(Oc3c(F)c(F)c(C(F)(F)F)c(F)c3F)cc(S(=O)(=O)O)cc2c1. The Labute approximate surface area is 164 Å². The van der Waals surface area contributed by atoms with Crippen molar-refractivity contribution in [3.63, 3.8) is 0 Å². The van der Waals surface area contributed by atoms with E-state index in [1.807, 2.05) is 0 Å². The van der Waals surface area contributed by atoms with E-state index in [1.54, 1.807) is 6.92 Å². The highest BCUT2D eigenvalue weighted by atomic mass is 32.2. The molecule has 160 valence electrons. The first-order valence-corrected chi connectivity index (χ1v) is 9.28. The second kappa shape index (κ2) is 7.13. The van der Waals surface area contributed by atoms with Gasteiger partial charge in [-0.05, 0) is 18.4 Å². The monoisotopic (exact) mass is 454 g/mol. The van der Waals surface area contributed by atoms with Gasteiger partial charge in [-0.3, -0.25) is 4.55 Å². The van der Waals surface area contributed by atoms with Gasteiger partial charge in [0, 0.05) is 11.5 Å². The zero-order valence-electron chi connectivity index (χ0n) is 14.6. The standard InChI is InChI=1S/C18H9F7O4S/c1-7-2-3-10-8(4-7)5-9(30(26,27)28)6-11(10)29-17-15(21)13(19)12(18(23,24)25)14(20)16(17)22/h2-6H,1H3,(H,26,27,28). The van der Waals surface area contributed by atoms with Gasteiger partial charge in [0.15, 0.2) is 11.6 Å². The Bertz CT molecular complexity index is 1260. The van der Waals surface area contributed by atoms with Crippen molar-refractivity contribution in [2.75, 3.05) is 0 Å². The molecule has 3 aromatic carbocycles. The van der Waals surface area contributed by atoms with E-state index in [-0.39, 0.29) is 10.8 Å². The molecule has 0 saturated heterocycles. The molecule has 0 atom stereocenters. The van der Waals surface area contributed by atoms with Crippen LogP contribution in [0.5, 0.6) is 11.5 Å². The van der Waals surface area contributed by atoms with E-state index in [2.05, 4.69) is 0 Å². The molecular formula is C18H9F7O4S. The topological polar surface area (TPSA) is 63.6 Å². The number of ether oxygens (including phenoxy) is 1. The summed E-state index contributed by atoms with van der Waals surface area (Å²) >= 11 is 0. The van der Waals surface area contributed by atoms with Crippen molar-refractivity contribution < 1.29 is 48.4 Å². The second-order valence-corrected chi connectivity index (χ2v) is 7.60. The summed E-state index contributed by atoms with van der Waals surface area (Å²) in [5.74, 6) is -13.0. The fraction of sp³-hybridized carbons (Fsp3) is 0.111. The summed E-state index contributed by atoms with van der Waals surface area (Å²) in [5, 5.41) is 0.0845. The normalized spacial score (nSPS) is 12.4. The first kappa shape index (κ1) is 21.8. The Balaban J connectivity index is 2.29. The fourth-order valence-electron chi connectivity index (χ4n) is 2.72. The predicted octanol–water partition coefficient (Wildman–Crippen LogP) is 5.76. The highest BCUT2D eigenvalue weighted by Gasteiger charge is 2.43. The van der Waals surface area contributed by atoms with Crippen LogP contribution in [0.4, 0.5) is 30.7 Å². The van der Waals surface area contributed by atoms with Crippen LogP contribution in [0.15, 0.2) is 35.2 Å². The maximum absolute atomic E-state index is 14.1. The molecule has 0 spiro atoms. The quantitative estimate of drug-likeness (QED) is 0.311. The van der Waals surface area contributed by atoms with Crippen molar-refractivity contribution in [3.05, 3.63) is 64.7 Å². The minimum Gasteiger partial charge on any atom is -0.450 e. The lowest BCUT2D eigenvalue weighted by Gasteiger charge is -2.16. The molecule has 30 heavy (non-hydrogen) atoms. The van der Waals surface area contributed by atoms with E-state index in [9.17, 15) is 43.7 Å². The van der Waals surface area contributed by atoms with E-state index in [4.69, 9.17) is 4.74 Å². The summed E-state index contributed by atoms with van der Waals surface area (Å²) in [4.78, 5) is -0.788. The molecule has 0 aliphatic rings. The van der Waals surface area contributed by atoms with Crippen LogP contribution in [0, 0.1) is 30.2 Å². The van der Waals surface area contributed by atoms with Gasteiger partial charge >= 0.3 is 6.18 Å². The van der Waals surface area contributed by atoms with Crippen molar-refractivity contribution >= 4 is 20.9 Å². The first-order valence-electron chi connectivity index (χ1n) is 7.84. The summed E-state index contributed by atoms with van der Waals surface area (Å²) in [6.07, 6.45) is -5.73. The Morgan fingerprint density at radius 1 is 0.900 bits per heavy atom. The van der Waals surface area contributed by atoms with Crippen molar-refractivity contribution in [2.45, 2.75) is 18.0 Å². The lowest BCUT2D eigenvalue weighted by molar-refractivity contribution is -0.143. The van der Waals surface area contributed by atoms with Gasteiger partial charge < -0.3 is 4.74 Å². The van der Waals surface area contributed by atoms with Gasteiger partial charge in [0.05, 0.1) is 4.90 Å². The molecule has 3 aromatic rings. The predicted molar refractivity (Wildman–Crippen MR) is 89.8 cm³/mol. The number of hydrogen-bond acceptors (Lipinski definition) is 3. The van der Waals surface area contributed by atoms with Crippen molar-refractivity contribution in [1.82, 2.24) is 0 Å². The van der Waals surface area contributed by atoms with Crippen LogP contribution in [0.2, 0.25) is 0 Å². The van der Waals surface area contributed by atoms with Gasteiger partial charge in [0.1, 0.15) is 11.3 Å². The molecule has 0 aromatic heterocycles. The molecule has 0 heterocycles. The largest absolute Gasteiger partial charge is 0.450 e. The van der Waals surface area contributed by atoms with E-state index >= 15 is 0 Å². The van der Waals surface area contributed by atoms with E-state index in [0.717, 1.165) is 6.07 Å². The molecule has 0 bridgehead atoms. The number of alkyl halides is 3. The van der Waals surface area contributed by atoms with E-state index < -0.39 is 61.5 Å². The Hall–Kier alpha value is -2.86. The first-order chi connectivity index (χ1) is 13.7. The van der Waals surface area contributed by atoms with Crippen LogP contribution in [0.25, 0.3) is 10.8 Å². The molecule has 0 saturated carbocycles. The lowest BCUT2D eigenvalue weighted by Crippen LogP contribution is -2.15. The molecule has 0 amide bonds. The van der Waals surface area contributed by atoms with Crippen molar-refractivity contribution in [1.29, 1.82) is 0 Å². The summed E-state index contributed by atoms with van der Waals surface area (Å²) in [6.45, 7) is 1.61. The van der Waals surface area contributed by atoms with Crippen molar-refractivity contribution in [2.24, 2.45) is 0 Å². The molecule has 0 aliphatic carbocycles. The summed E-state index contributed by atoms with van der Waals surface area (Å²) in [5.41, 5.74) is -2.18. The van der Waals surface area contributed by atoms with Crippen LogP contribution in [0.3, 0.4) is 0 Å². The smallest absolute Gasteiger partial charge is 0.422 e. The summed E-state index contributed by atoms with van der Waals surface area (Å²) in [7, 11) is -4.85. The number of hydrogen-bond donors (Lipinski definition) is 1. The van der Waals surface area contributed by atoms with Crippen molar-refractivity contribution in [3.8, 4) is 11.5 Å². The zero-order chi connectivity index (χ0) is 22.6. The van der Waals surface area contributed by atoms with Gasteiger partial charge in [0.25, 0.3) is 10.1 Å². The minimum atomic E-state index is -5.73. The maximum atomic E-state index is 14.1. The summed E-state index contributed by atoms with van der Waals surface area (Å²) in [6, 6.07) is 5.77. The molecule has 0 fully saturated rings. The molecule has 0 aliphatic heterocycles. The number of benzene rings is 3. The molecule has 4 nitrogen and oxygen atoms in total. The molecule has 1 N–H and O–H groups in total. The van der Waals surface area contributed by atoms with E-state index in [0.29, 0.717) is 11.6 Å². The van der Waals surface area contributed by atoms with Crippen LogP contribution < -0.4 is 4.74 Å². The van der Waals surface area contributed by atoms with Gasteiger partial charge in [-0.15, -0.1) is 0 Å².